The topological polar surface area (TPSA) is 76.2 Å². The van der Waals surface area contributed by atoms with E-state index >= 15 is 0 Å². The third-order valence-electron chi connectivity index (χ3n) is 2.77. The van der Waals surface area contributed by atoms with Crippen LogP contribution in [0.1, 0.15) is 21.1 Å². The molecule has 0 spiro atoms. The molecule has 0 aliphatic heterocycles. The maximum atomic E-state index is 11.2. The van der Waals surface area contributed by atoms with Gasteiger partial charge in [0.1, 0.15) is 0 Å². The minimum Gasteiger partial charge on any atom is -0.478 e. The number of hydrogen-bond donors (Lipinski definition) is 1. The molecule has 5 nitrogen and oxygen atoms in total. The minimum absolute atomic E-state index is 0.152. The highest BCUT2D eigenvalue weighted by molar-refractivity contribution is 7.09. The Hall–Kier alpha value is -2.47. The first-order valence-electron chi connectivity index (χ1n) is 5.91. The molecular weight excluding hydrogens is 276 g/mol. The summed E-state index contributed by atoms with van der Waals surface area (Å²) in [5.41, 5.74) is 0.587. The normalized spacial score (nSPS) is 10.6. The molecule has 2 aromatic heterocycles. The molecule has 0 aliphatic rings. The lowest BCUT2D eigenvalue weighted by Gasteiger charge is -1.99. The molecule has 1 N–H and O–H groups in total. The van der Waals surface area contributed by atoms with Crippen LogP contribution in [0.4, 0.5) is 0 Å². The molecule has 0 bridgehead atoms. The summed E-state index contributed by atoms with van der Waals surface area (Å²) >= 11 is 1.62. The molecule has 0 saturated carbocycles. The zero-order valence-electron chi connectivity index (χ0n) is 10.3. The fourth-order valence-corrected chi connectivity index (χ4v) is 2.56. The second-order valence-corrected chi connectivity index (χ2v) is 5.15. The molecular formula is C14H10N2O3S. The van der Waals surface area contributed by atoms with Crippen LogP contribution in [0.25, 0.3) is 11.5 Å². The van der Waals surface area contributed by atoms with Crippen LogP contribution in [-0.4, -0.2) is 21.2 Å². The van der Waals surface area contributed by atoms with Crippen LogP contribution in [0.5, 0.6) is 0 Å². The third-order valence-corrected chi connectivity index (χ3v) is 3.64. The van der Waals surface area contributed by atoms with Crippen LogP contribution >= 0.6 is 11.3 Å². The van der Waals surface area contributed by atoms with Gasteiger partial charge in [0.05, 0.1) is 11.1 Å². The number of aromatic nitrogens is 2. The van der Waals surface area contributed by atoms with E-state index in [2.05, 4.69) is 10.1 Å². The van der Waals surface area contributed by atoms with E-state index in [-0.39, 0.29) is 11.5 Å². The van der Waals surface area contributed by atoms with Gasteiger partial charge in [-0.25, -0.2) is 4.79 Å². The Labute approximate surface area is 118 Å². The summed E-state index contributed by atoms with van der Waals surface area (Å²) in [6.07, 6.45) is 0.580. The van der Waals surface area contributed by atoms with E-state index in [1.165, 1.54) is 6.07 Å². The average Bonchev–Trinajstić information content (AvgIpc) is 3.11. The molecule has 2 heterocycles. The molecule has 0 unspecified atom stereocenters. The first kappa shape index (κ1) is 12.6. The maximum Gasteiger partial charge on any atom is 0.336 e. The van der Waals surface area contributed by atoms with Crippen molar-refractivity contribution in [3.63, 3.8) is 0 Å². The largest absolute Gasteiger partial charge is 0.478 e. The third kappa shape index (κ3) is 2.46. The standard InChI is InChI=1S/C14H10N2O3S/c17-14(18)11-6-2-1-5-10(11)13-15-12(16-19-13)8-9-4-3-7-20-9/h1-7H,8H2,(H,17,18). The summed E-state index contributed by atoms with van der Waals surface area (Å²) in [5.74, 6) is -0.240. The molecule has 0 amide bonds. The Bertz CT molecular complexity index is 734. The highest BCUT2D eigenvalue weighted by atomic mass is 32.1. The van der Waals surface area contributed by atoms with Crippen LogP contribution in [0.15, 0.2) is 46.3 Å². The van der Waals surface area contributed by atoms with E-state index in [0.717, 1.165) is 4.88 Å². The Kier molecular flexibility index (Phi) is 3.30. The Morgan fingerprint density at radius 2 is 2.10 bits per heavy atom. The number of benzene rings is 1. The molecule has 3 rings (SSSR count). The second kappa shape index (κ2) is 5.26. The van der Waals surface area contributed by atoms with Crippen molar-refractivity contribution in [2.45, 2.75) is 6.42 Å². The summed E-state index contributed by atoms with van der Waals surface area (Å²) in [7, 11) is 0. The Balaban J connectivity index is 1.92. The molecule has 3 aromatic rings. The first-order valence-corrected chi connectivity index (χ1v) is 6.79. The first-order chi connectivity index (χ1) is 9.74. The van der Waals surface area contributed by atoms with Gasteiger partial charge >= 0.3 is 5.97 Å². The molecule has 20 heavy (non-hydrogen) atoms. The van der Waals surface area contributed by atoms with E-state index < -0.39 is 5.97 Å². The van der Waals surface area contributed by atoms with Crippen molar-refractivity contribution < 1.29 is 14.4 Å². The monoisotopic (exact) mass is 286 g/mol. The summed E-state index contributed by atoms with van der Waals surface area (Å²) in [6.45, 7) is 0. The fraction of sp³-hybridized carbons (Fsp3) is 0.0714. The lowest BCUT2D eigenvalue weighted by Crippen LogP contribution is -1.99. The van der Waals surface area contributed by atoms with Gasteiger partial charge in [0.2, 0.25) is 0 Å². The van der Waals surface area contributed by atoms with Gasteiger partial charge in [0, 0.05) is 11.3 Å². The minimum atomic E-state index is -1.02. The van der Waals surface area contributed by atoms with Gasteiger partial charge in [-0.3, -0.25) is 0 Å². The van der Waals surface area contributed by atoms with Gasteiger partial charge in [-0.05, 0) is 23.6 Å². The summed E-state index contributed by atoms with van der Waals surface area (Å²) in [6, 6.07) is 10.5. The average molecular weight is 286 g/mol. The summed E-state index contributed by atoms with van der Waals surface area (Å²) in [5, 5.41) is 15.0. The van der Waals surface area contributed by atoms with Crippen molar-refractivity contribution >= 4 is 17.3 Å². The molecule has 0 saturated heterocycles. The van der Waals surface area contributed by atoms with Crippen molar-refractivity contribution in [3.8, 4) is 11.5 Å². The number of carboxylic acid groups (broad SMARTS) is 1. The summed E-state index contributed by atoms with van der Waals surface area (Å²) in [4.78, 5) is 16.6. The zero-order valence-corrected chi connectivity index (χ0v) is 11.1. The van der Waals surface area contributed by atoms with Crippen LogP contribution in [0, 0.1) is 0 Å². The maximum absolute atomic E-state index is 11.2. The van der Waals surface area contributed by atoms with Crippen molar-refractivity contribution in [2.75, 3.05) is 0 Å². The smallest absolute Gasteiger partial charge is 0.336 e. The Morgan fingerprint density at radius 3 is 2.85 bits per heavy atom. The Morgan fingerprint density at radius 1 is 1.25 bits per heavy atom. The molecule has 0 radical (unpaired) electrons. The number of rotatable bonds is 4. The predicted octanol–water partition coefficient (Wildman–Crippen LogP) is 3.09. The van der Waals surface area contributed by atoms with Gasteiger partial charge < -0.3 is 9.63 Å². The van der Waals surface area contributed by atoms with Crippen LogP contribution in [-0.2, 0) is 6.42 Å². The van der Waals surface area contributed by atoms with Crippen LogP contribution < -0.4 is 0 Å². The van der Waals surface area contributed by atoms with Gasteiger partial charge in [0.15, 0.2) is 5.82 Å². The van der Waals surface area contributed by atoms with Crippen molar-refractivity contribution in [2.24, 2.45) is 0 Å². The van der Waals surface area contributed by atoms with Gasteiger partial charge in [-0.2, -0.15) is 4.98 Å². The van der Waals surface area contributed by atoms with Crippen molar-refractivity contribution in [3.05, 3.63) is 58.0 Å². The molecule has 100 valence electrons. The summed E-state index contributed by atoms with van der Waals surface area (Å²) < 4.78 is 5.17. The number of carboxylic acids is 1. The van der Waals surface area contributed by atoms with Crippen molar-refractivity contribution in [1.82, 2.24) is 10.1 Å². The van der Waals surface area contributed by atoms with E-state index in [4.69, 9.17) is 9.63 Å². The van der Waals surface area contributed by atoms with E-state index in [0.29, 0.717) is 17.8 Å². The molecule has 6 heteroatoms. The quantitative estimate of drug-likeness (QED) is 0.797. The van der Waals surface area contributed by atoms with Crippen LogP contribution in [0.2, 0.25) is 0 Å². The van der Waals surface area contributed by atoms with Gasteiger partial charge in [-0.1, -0.05) is 23.4 Å². The van der Waals surface area contributed by atoms with E-state index in [1.807, 2.05) is 17.5 Å². The molecule has 0 aliphatic carbocycles. The van der Waals surface area contributed by atoms with Gasteiger partial charge in [0.25, 0.3) is 5.89 Å². The molecule has 0 fully saturated rings. The van der Waals surface area contributed by atoms with Crippen molar-refractivity contribution in [1.29, 1.82) is 0 Å². The highest BCUT2D eigenvalue weighted by Gasteiger charge is 2.16. The predicted molar refractivity (Wildman–Crippen MR) is 73.8 cm³/mol. The number of nitrogens with zero attached hydrogens (tertiary/aromatic N) is 2. The fourth-order valence-electron chi connectivity index (χ4n) is 1.86. The molecule has 0 atom stereocenters. The number of thiophene rings is 1. The number of carbonyl (C=O) groups is 1. The van der Waals surface area contributed by atoms with E-state index in [9.17, 15) is 4.79 Å². The highest BCUT2D eigenvalue weighted by Crippen LogP contribution is 2.23. The lowest BCUT2D eigenvalue weighted by molar-refractivity contribution is 0.0697. The number of hydrogen-bond acceptors (Lipinski definition) is 5. The van der Waals surface area contributed by atoms with E-state index in [1.54, 1.807) is 29.5 Å². The van der Waals surface area contributed by atoms with Gasteiger partial charge in [-0.15, -0.1) is 11.3 Å². The molecule has 1 aromatic carbocycles. The number of aromatic carboxylic acids is 1. The zero-order chi connectivity index (χ0) is 13.9. The van der Waals surface area contributed by atoms with Crippen LogP contribution in [0.3, 0.4) is 0 Å². The second-order valence-electron chi connectivity index (χ2n) is 4.12. The SMILES string of the molecule is O=C(O)c1ccccc1-c1nc(Cc2cccs2)no1. The lowest BCUT2D eigenvalue weighted by atomic mass is 10.1.